The Labute approximate surface area is 147 Å². The largest absolute Gasteiger partial charge is 0.468 e. The maximum atomic E-state index is 11.9. The van der Waals surface area contributed by atoms with Crippen molar-refractivity contribution in [3.05, 3.63) is 34.3 Å². The highest BCUT2D eigenvalue weighted by atomic mass is 79.9. The Morgan fingerprint density at radius 1 is 1.43 bits per heavy atom. The molecule has 0 radical (unpaired) electrons. The Hall–Kier alpha value is -0.910. The lowest BCUT2D eigenvalue weighted by Crippen LogP contribution is -2.52. The van der Waals surface area contributed by atoms with Gasteiger partial charge in [-0.25, -0.2) is 0 Å². The molecular formula is C18H27BrN2O2. The van der Waals surface area contributed by atoms with E-state index in [0.717, 1.165) is 36.7 Å². The van der Waals surface area contributed by atoms with Gasteiger partial charge < -0.3 is 10.1 Å². The number of likely N-dealkylation sites (tertiary alicyclic amines) is 1. The number of halogens is 1. The first-order valence-electron chi connectivity index (χ1n) is 8.28. The smallest absolute Gasteiger partial charge is 0.323 e. The highest BCUT2D eigenvalue weighted by molar-refractivity contribution is 9.10. The van der Waals surface area contributed by atoms with Gasteiger partial charge in [0.1, 0.15) is 6.04 Å². The first kappa shape index (κ1) is 18.4. The molecule has 0 aliphatic carbocycles. The van der Waals surface area contributed by atoms with Crippen molar-refractivity contribution in [2.75, 3.05) is 20.7 Å². The van der Waals surface area contributed by atoms with Gasteiger partial charge in [0, 0.05) is 23.1 Å². The topological polar surface area (TPSA) is 41.6 Å². The van der Waals surface area contributed by atoms with E-state index in [-0.39, 0.29) is 12.0 Å². The number of carbonyl (C=O) groups excluding carboxylic acids is 1. The van der Waals surface area contributed by atoms with Gasteiger partial charge in [0.2, 0.25) is 0 Å². The van der Waals surface area contributed by atoms with E-state index in [1.807, 2.05) is 7.05 Å². The molecule has 1 aromatic carbocycles. The fraction of sp³-hybridized carbons (Fsp3) is 0.611. The van der Waals surface area contributed by atoms with Crippen LogP contribution in [-0.2, 0) is 16.0 Å². The number of ether oxygens (including phenoxy) is 1. The molecule has 5 heteroatoms. The molecule has 0 amide bonds. The average molecular weight is 383 g/mol. The normalized spacial score (nSPS) is 23.5. The van der Waals surface area contributed by atoms with Crippen molar-refractivity contribution in [1.82, 2.24) is 10.2 Å². The van der Waals surface area contributed by atoms with Crippen molar-refractivity contribution in [1.29, 1.82) is 0 Å². The molecule has 0 unspecified atom stereocenters. The number of esters is 1. The number of nitrogens with zero attached hydrogens (tertiary/aromatic N) is 1. The van der Waals surface area contributed by atoms with Gasteiger partial charge in [0.15, 0.2) is 0 Å². The summed E-state index contributed by atoms with van der Waals surface area (Å²) in [6, 6.07) is 9.21. The Kier molecular flexibility index (Phi) is 7.06. The van der Waals surface area contributed by atoms with Gasteiger partial charge in [-0.1, -0.05) is 28.1 Å². The Bertz CT molecular complexity index is 506. The van der Waals surface area contributed by atoms with Crippen molar-refractivity contribution in [3.8, 4) is 0 Å². The second-order valence-electron chi connectivity index (χ2n) is 6.47. The van der Waals surface area contributed by atoms with Crippen LogP contribution in [0.25, 0.3) is 0 Å². The summed E-state index contributed by atoms with van der Waals surface area (Å²) in [6.45, 7) is 3.15. The number of hydrogen-bond acceptors (Lipinski definition) is 4. The van der Waals surface area contributed by atoms with Crippen LogP contribution in [-0.4, -0.2) is 49.7 Å². The maximum absolute atomic E-state index is 11.9. The van der Waals surface area contributed by atoms with Gasteiger partial charge in [0.25, 0.3) is 0 Å². The molecule has 0 spiro atoms. The first-order valence-corrected chi connectivity index (χ1v) is 9.07. The molecule has 23 heavy (non-hydrogen) atoms. The van der Waals surface area contributed by atoms with Crippen molar-refractivity contribution >= 4 is 21.9 Å². The number of rotatable bonds is 6. The van der Waals surface area contributed by atoms with E-state index in [1.165, 1.54) is 12.7 Å². The number of methoxy groups -OCH3 is 1. The SMILES string of the molecule is COC(=O)[C@@H]1C[C@@H](N[C@@H](C)CCc2ccc(Br)cc2)CCN1C. The number of hydrogen-bond donors (Lipinski definition) is 1. The van der Waals surface area contributed by atoms with Crippen molar-refractivity contribution < 1.29 is 9.53 Å². The molecule has 0 saturated carbocycles. The van der Waals surface area contributed by atoms with E-state index < -0.39 is 0 Å². The van der Waals surface area contributed by atoms with E-state index in [2.05, 4.69) is 57.3 Å². The lowest BCUT2D eigenvalue weighted by atomic mass is 9.96. The molecule has 1 saturated heterocycles. The third-order valence-corrected chi connectivity index (χ3v) is 5.17. The summed E-state index contributed by atoms with van der Waals surface area (Å²) >= 11 is 3.47. The van der Waals surface area contributed by atoms with Gasteiger partial charge in [-0.15, -0.1) is 0 Å². The summed E-state index contributed by atoms with van der Waals surface area (Å²) in [5.74, 6) is -0.124. The van der Waals surface area contributed by atoms with Crippen molar-refractivity contribution in [2.45, 2.75) is 50.7 Å². The summed E-state index contributed by atoms with van der Waals surface area (Å²) in [6.07, 6.45) is 4.06. The first-order chi connectivity index (χ1) is 11.0. The minimum Gasteiger partial charge on any atom is -0.468 e. The molecule has 3 atom stereocenters. The third kappa shape index (κ3) is 5.59. The van der Waals surface area contributed by atoms with Crippen LogP contribution < -0.4 is 5.32 Å². The van der Waals surface area contributed by atoms with E-state index >= 15 is 0 Å². The van der Waals surface area contributed by atoms with Gasteiger partial charge >= 0.3 is 5.97 Å². The number of nitrogens with one attached hydrogen (secondary N) is 1. The Balaban J connectivity index is 1.79. The molecule has 1 heterocycles. The number of likely N-dealkylation sites (N-methyl/N-ethyl adjacent to an activating group) is 1. The summed E-state index contributed by atoms with van der Waals surface area (Å²) < 4.78 is 6.03. The zero-order valence-corrected chi connectivity index (χ0v) is 15.8. The highest BCUT2D eigenvalue weighted by Gasteiger charge is 2.32. The second-order valence-corrected chi connectivity index (χ2v) is 7.39. The molecule has 0 bridgehead atoms. The zero-order valence-electron chi connectivity index (χ0n) is 14.2. The van der Waals surface area contributed by atoms with E-state index in [0.29, 0.717) is 12.1 Å². The van der Waals surface area contributed by atoms with Crippen LogP contribution in [0.15, 0.2) is 28.7 Å². The van der Waals surface area contributed by atoms with Crippen LogP contribution >= 0.6 is 15.9 Å². The maximum Gasteiger partial charge on any atom is 0.323 e. The fourth-order valence-corrected chi connectivity index (χ4v) is 3.43. The quantitative estimate of drug-likeness (QED) is 0.767. The van der Waals surface area contributed by atoms with Gasteiger partial charge in [0.05, 0.1) is 7.11 Å². The summed E-state index contributed by atoms with van der Waals surface area (Å²) in [5.41, 5.74) is 1.36. The molecule has 1 N–H and O–H groups in total. The molecule has 128 valence electrons. The molecule has 1 aliphatic heterocycles. The zero-order chi connectivity index (χ0) is 16.8. The molecule has 0 aromatic heterocycles. The number of carbonyl (C=O) groups is 1. The molecule has 1 aromatic rings. The number of aryl methyl sites for hydroxylation is 1. The van der Waals surface area contributed by atoms with E-state index in [9.17, 15) is 4.79 Å². The predicted molar refractivity (Wildman–Crippen MR) is 96.5 cm³/mol. The summed E-state index contributed by atoms with van der Waals surface area (Å²) in [5, 5.41) is 3.69. The van der Waals surface area contributed by atoms with Crippen LogP contribution in [0.1, 0.15) is 31.7 Å². The van der Waals surface area contributed by atoms with E-state index in [1.54, 1.807) is 0 Å². The van der Waals surface area contributed by atoms with Gasteiger partial charge in [-0.05, 0) is 57.4 Å². The number of benzene rings is 1. The third-order valence-electron chi connectivity index (χ3n) is 4.64. The van der Waals surface area contributed by atoms with Crippen molar-refractivity contribution in [2.24, 2.45) is 0 Å². The molecule has 1 aliphatic rings. The Morgan fingerprint density at radius 2 is 2.13 bits per heavy atom. The van der Waals surface area contributed by atoms with Gasteiger partial charge in [-0.3, -0.25) is 9.69 Å². The summed E-state index contributed by atoms with van der Waals surface area (Å²) in [4.78, 5) is 13.9. The number of piperidine rings is 1. The predicted octanol–water partition coefficient (Wildman–Crippen LogP) is 3.00. The minimum atomic E-state index is -0.124. The molecule has 2 rings (SSSR count). The monoisotopic (exact) mass is 382 g/mol. The minimum absolute atomic E-state index is 0.120. The van der Waals surface area contributed by atoms with Crippen molar-refractivity contribution in [3.63, 3.8) is 0 Å². The van der Waals surface area contributed by atoms with Crippen LogP contribution in [0.5, 0.6) is 0 Å². The van der Waals surface area contributed by atoms with Crippen LogP contribution in [0.3, 0.4) is 0 Å². The van der Waals surface area contributed by atoms with Gasteiger partial charge in [-0.2, -0.15) is 0 Å². The van der Waals surface area contributed by atoms with Crippen LogP contribution in [0.2, 0.25) is 0 Å². The van der Waals surface area contributed by atoms with Crippen LogP contribution in [0.4, 0.5) is 0 Å². The fourth-order valence-electron chi connectivity index (χ4n) is 3.17. The lowest BCUT2D eigenvalue weighted by Gasteiger charge is -2.36. The Morgan fingerprint density at radius 3 is 2.78 bits per heavy atom. The highest BCUT2D eigenvalue weighted by Crippen LogP contribution is 2.18. The van der Waals surface area contributed by atoms with Crippen LogP contribution in [0, 0.1) is 0 Å². The average Bonchev–Trinajstić information content (AvgIpc) is 2.55. The standard InChI is InChI=1S/C18H27BrN2O2/c1-13(4-5-14-6-8-15(19)9-7-14)20-16-10-11-21(2)17(12-16)18(22)23-3/h6-9,13,16-17,20H,4-5,10-12H2,1-3H3/t13-,16-,17-/m0/s1. The second kappa shape index (κ2) is 8.81. The molecule has 1 fully saturated rings. The molecule has 4 nitrogen and oxygen atoms in total. The summed E-state index contributed by atoms with van der Waals surface area (Å²) in [7, 11) is 3.46. The molecular weight excluding hydrogens is 356 g/mol. The van der Waals surface area contributed by atoms with E-state index in [4.69, 9.17) is 4.74 Å². The lowest BCUT2D eigenvalue weighted by molar-refractivity contribution is -0.148.